The molecule has 0 aliphatic heterocycles. The third-order valence-electron chi connectivity index (χ3n) is 1.55. The molecule has 16 heavy (non-hydrogen) atoms. The zero-order valence-electron chi connectivity index (χ0n) is 10.2. The summed E-state index contributed by atoms with van der Waals surface area (Å²) < 4.78 is 9.58. The second-order valence-corrected chi connectivity index (χ2v) is 3.68. The van der Waals surface area contributed by atoms with Crippen LogP contribution in [0.25, 0.3) is 0 Å². The fourth-order valence-corrected chi connectivity index (χ4v) is 0.755. The van der Waals surface area contributed by atoms with Crippen molar-refractivity contribution in [2.75, 3.05) is 13.2 Å². The number of carbonyl (C=O) groups excluding carboxylic acids is 2. The van der Waals surface area contributed by atoms with Gasteiger partial charge in [-0.1, -0.05) is 13.8 Å². The van der Waals surface area contributed by atoms with E-state index in [2.05, 4.69) is 10.1 Å². The fraction of sp³-hybridized carbons (Fsp3) is 0.636. The van der Waals surface area contributed by atoms with Crippen LogP contribution < -0.4 is 5.32 Å². The Morgan fingerprint density at radius 3 is 2.44 bits per heavy atom. The molecule has 0 saturated heterocycles. The van der Waals surface area contributed by atoms with Crippen LogP contribution in [0.2, 0.25) is 0 Å². The van der Waals surface area contributed by atoms with Gasteiger partial charge in [0, 0.05) is 6.20 Å². The maximum absolute atomic E-state index is 11.3. The Labute approximate surface area is 95.8 Å². The third-order valence-corrected chi connectivity index (χ3v) is 1.55. The monoisotopic (exact) mass is 229 g/mol. The molecule has 0 saturated carbocycles. The summed E-state index contributed by atoms with van der Waals surface area (Å²) in [6.45, 7) is 7.81. The number of ether oxygens (including phenoxy) is 2. The smallest absolute Gasteiger partial charge is 0.411 e. The zero-order valence-corrected chi connectivity index (χ0v) is 10.2. The van der Waals surface area contributed by atoms with E-state index in [1.807, 2.05) is 13.8 Å². The molecular weight excluding hydrogens is 210 g/mol. The van der Waals surface area contributed by atoms with E-state index < -0.39 is 12.1 Å². The molecule has 0 atom stereocenters. The topological polar surface area (TPSA) is 64.6 Å². The predicted molar refractivity (Wildman–Crippen MR) is 59.7 cm³/mol. The quantitative estimate of drug-likeness (QED) is 0.577. The van der Waals surface area contributed by atoms with E-state index in [0.29, 0.717) is 12.2 Å². The molecule has 0 fully saturated rings. The largest absolute Gasteiger partial charge is 0.462 e. The Balaban J connectivity index is 4.01. The first-order valence-electron chi connectivity index (χ1n) is 5.24. The van der Waals surface area contributed by atoms with E-state index >= 15 is 0 Å². The average Bonchev–Trinajstić information content (AvgIpc) is 2.22. The van der Waals surface area contributed by atoms with Gasteiger partial charge in [-0.15, -0.1) is 0 Å². The summed E-state index contributed by atoms with van der Waals surface area (Å²) in [5.41, 5.74) is 0.328. The molecule has 0 rings (SSSR count). The van der Waals surface area contributed by atoms with Crippen LogP contribution in [-0.2, 0) is 14.3 Å². The highest BCUT2D eigenvalue weighted by Gasteiger charge is 2.07. The highest BCUT2D eigenvalue weighted by Crippen LogP contribution is 1.99. The van der Waals surface area contributed by atoms with Gasteiger partial charge in [0.25, 0.3) is 0 Å². The van der Waals surface area contributed by atoms with Gasteiger partial charge in [-0.05, 0) is 19.8 Å². The fourth-order valence-electron chi connectivity index (χ4n) is 0.755. The zero-order chi connectivity index (χ0) is 12.6. The molecule has 0 bridgehead atoms. The molecule has 0 aromatic rings. The molecule has 92 valence electrons. The number of rotatable bonds is 5. The number of carbonyl (C=O) groups is 2. The van der Waals surface area contributed by atoms with Gasteiger partial charge in [0.1, 0.15) is 0 Å². The first-order valence-corrected chi connectivity index (χ1v) is 5.24. The van der Waals surface area contributed by atoms with Gasteiger partial charge < -0.3 is 9.47 Å². The van der Waals surface area contributed by atoms with Crippen molar-refractivity contribution in [3.8, 4) is 0 Å². The second kappa shape index (κ2) is 7.73. The lowest BCUT2D eigenvalue weighted by Crippen LogP contribution is -2.20. The molecule has 1 N–H and O–H groups in total. The van der Waals surface area contributed by atoms with Gasteiger partial charge in [0.15, 0.2) is 0 Å². The van der Waals surface area contributed by atoms with Crippen molar-refractivity contribution in [2.24, 2.45) is 5.92 Å². The number of esters is 1. The van der Waals surface area contributed by atoms with E-state index in [4.69, 9.17) is 4.74 Å². The molecule has 0 aromatic heterocycles. The SMILES string of the molecule is CCOC(=O)NC=C(C)C(=O)OCC(C)C. The number of hydrogen-bond donors (Lipinski definition) is 1. The maximum Gasteiger partial charge on any atom is 0.411 e. The molecule has 0 aliphatic rings. The van der Waals surface area contributed by atoms with E-state index in [1.165, 1.54) is 6.20 Å². The van der Waals surface area contributed by atoms with Crippen molar-refractivity contribution in [3.05, 3.63) is 11.8 Å². The molecular formula is C11H19NO4. The van der Waals surface area contributed by atoms with Crippen LogP contribution in [0.15, 0.2) is 11.8 Å². The molecule has 5 nitrogen and oxygen atoms in total. The Morgan fingerprint density at radius 2 is 1.94 bits per heavy atom. The van der Waals surface area contributed by atoms with Gasteiger partial charge in [0.2, 0.25) is 0 Å². The van der Waals surface area contributed by atoms with Gasteiger partial charge in [0.05, 0.1) is 18.8 Å². The summed E-state index contributed by atoms with van der Waals surface area (Å²) in [4.78, 5) is 22.2. The van der Waals surface area contributed by atoms with Crippen molar-refractivity contribution in [3.63, 3.8) is 0 Å². The lowest BCUT2D eigenvalue weighted by atomic mass is 10.2. The van der Waals surface area contributed by atoms with Crippen molar-refractivity contribution in [1.29, 1.82) is 0 Å². The molecule has 0 aromatic carbocycles. The van der Waals surface area contributed by atoms with Crippen LogP contribution in [0.1, 0.15) is 27.7 Å². The van der Waals surface area contributed by atoms with Crippen LogP contribution >= 0.6 is 0 Å². The summed E-state index contributed by atoms with van der Waals surface area (Å²) in [7, 11) is 0. The Hall–Kier alpha value is -1.52. The second-order valence-electron chi connectivity index (χ2n) is 3.68. The van der Waals surface area contributed by atoms with Crippen LogP contribution in [0.4, 0.5) is 4.79 Å². The third kappa shape index (κ3) is 6.86. The minimum absolute atomic E-state index is 0.287. The summed E-state index contributed by atoms with van der Waals surface area (Å²) >= 11 is 0. The lowest BCUT2D eigenvalue weighted by Gasteiger charge is -2.07. The Bertz CT molecular complexity index is 271. The Kier molecular flexibility index (Phi) is 7.00. The summed E-state index contributed by atoms with van der Waals surface area (Å²) in [5.74, 6) is -0.153. The summed E-state index contributed by atoms with van der Waals surface area (Å²) in [6, 6.07) is 0. The normalized spacial score (nSPS) is 11.2. The van der Waals surface area contributed by atoms with Crippen LogP contribution in [-0.4, -0.2) is 25.3 Å². The van der Waals surface area contributed by atoms with E-state index in [1.54, 1.807) is 13.8 Å². The van der Waals surface area contributed by atoms with Gasteiger partial charge >= 0.3 is 12.1 Å². The van der Waals surface area contributed by atoms with Crippen molar-refractivity contribution in [1.82, 2.24) is 5.32 Å². The van der Waals surface area contributed by atoms with Crippen molar-refractivity contribution >= 4 is 12.1 Å². The first-order chi connectivity index (χ1) is 7.47. The molecule has 5 heteroatoms. The molecule has 0 unspecified atom stereocenters. The van der Waals surface area contributed by atoms with E-state index in [0.717, 1.165) is 0 Å². The highest BCUT2D eigenvalue weighted by atomic mass is 16.5. The highest BCUT2D eigenvalue weighted by molar-refractivity contribution is 5.88. The van der Waals surface area contributed by atoms with Crippen molar-refractivity contribution in [2.45, 2.75) is 27.7 Å². The number of amides is 1. The molecule has 0 aliphatic carbocycles. The summed E-state index contributed by atoms with van der Waals surface area (Å²) in [5, 5.41) is 2.33. The van der Waals surface area contributed by atoms with Crippen molar-refractivity contribution < 1.29 is 19.1 Å². The van der Waals surface area contributed by atoms with Crippen LogP contribution in [0, 0.1) is 5.92 Å². The Morgan fingerprint density at radius 1 is 1.31 bits per heavy atom. The van der Waals surface area contributed by atoms with E-state index in [-0.39, 0.29) is 12.5 Å². The molecule has 0 heterocycles. The lowest BCUT2D eigenvalue weighted by molar-refractivity contribution is -0.140. The number of nitrogens with one attached hydrogen (secondary N) is 1. The minimum atomic E-state index is -0.585. The van der Waals surface area contributed by atoms with Gasteiger partial charge in [-0.25, -0.2) is 9.59 Å². The first kappa shape index (κ1) is 14.5. The molecule has 0 radical (unpaired) electrons. The standard InChI is InChI=1S/C11H19NO4/c1-5-15-11(14)12-6-9(4)10(13)16-7-8(2)3/h6,8H,5,7H2,1-4H3,(H,12,14). The average molecular weight is 229 g/mol. The molecule has 1 amide bonds. The minimum Gasteiger partial charge on any atom is -0.462 e. The van der Waals surface area contributed by atoms with Crippen LogP contribution in [0.3, 0.4) is 0 Å². The van der Waals surface area contributed by atoms with Crippen LogP contribution in [0.5, 0.6) is 0 Å². The number of alkyl carbamates (subject to hydrolysis) is 1. The maximum atomic E-state index is 11.3. The van der Waals surface area contributed by atoms with Gasteiger partial charge in [-0.3, -0.25) is 5.32 Å². The van der Waals surface area contributed by atoms with E-state index in [9.17, 15) is 9.59 Å². The van der Waals surface area contributed by atoms with Gasteiger partial charge in [-0.2, -0.15) is 0 Å². The summed E-state index contributed by atoms with van der Waals surface area (Å²) in [6.07, 6.45) is 0.694. The predicted octanol–water partition coefficient (Wildman–Crippen LogP) is 1.84. The molecule has 0 spiro atoms. The number of hydrogen-bond acceptors (Lipinski definition) is 4.